The summed E-state index contributed by atoms with van der Waals surface area (Å²) < 4.78 is 25.2. The summed E-state index contributed by atoms with van der Waals surface area (Å²) >= 11 is 5.62. The molecule has 0 aliphatic rings. The number of fused-ring (bicyclic) bond motifs is 1. The summed E-state index contributed by atoms with van der Waals surface area (Å²) in [6.07, 6.45) is -2.49. The van der Waals surface area contributed by atoms with Crippen molar-refractivity contribution in [3.8, 4) is 0 Å². The van der Waals surface area contributed by atoms with Crippen LogP contribution < -0.4 is 0 Å². The Hall–Kier alpha value is -1.30. The summed E-state index contributed by atoms with van der Waals surface area (Å²) in [5.41, 5.74) is 0.729. The summed E-state index contributed by atoms with van der Waals surface area (Å²) in [6.45, 7) is -0.524. The molecule has 0 bridgehead atoms. The average molecular weight is 219 g/mol. The Morgan fingerprint density at radius 2 is 2.21 bits per heavy atom. The summed E-state index contributed by atoms with van der Waals surface area (Å²) in [5.74, 6) is 0. The molecule has 0 aromatic carbocycles. The molecule has 0 aliphatic carbocycles. The Balaban J connectivity index is 2.50. The van der Waals surface area contributed by atoms with Crippen LogP contribution in [0.15, 0.2) is 12.1 Å². The third-order valence-electron chi connectivity index (χ3n) is 1.64. The highest BCUT2D eigenvalue weighted by atomic mass is 35.5. The lowest BCUT2D eigenvalue weighted by molar-refractivity contribution is 0.122. The van der Waals surface area contributed by atoms with Crippen LogP contribution in [0.2, 0.25) is 5.15 Å². The zero-order chi connectivity index (χ0) is 10.1. The maximum atomic E-state index is 12.1. The number of rotatable bonds is 2. The Labute approximate surface area is 82.5 Å². The van der Waals surface area contributed by atoms with Gasteiger partial charge in [-0.1, -0.05) is 16.8 Å². The van der Waals surface area contributed by atoms with E-state index in [4.69, 9.17) is 11.6 Å². The van der Waals surface area contributed by atoms with E-state index in [1.807, 2.05) is 0 Å². The van der Waals surface area contributed by atoms with Gasteiger partial charge in [-0.15, -0.1) is 5.10 Å². The van der Waals surface area contributed by atoms with E-state index < -0.39 is 13.0 Å². The normalized spacial score (nSPS) is 11.4. The zero-order valence-corrected chi connectivity index (χ0v) is 7.62. The van der Waals surface area contributed by atoms with Gasteiger partial charge in [-0.25, -0.2) is 18.4 Å². The van der Waals surface area contributed by atoms with Crippen molar-refractivity contribution in [1.29, 1.82) is 0 Å². The molecular weight excluding hydrogens is 214 g/mol. The average Bonchev–Trinajstić information content (AvgIpc) is 2.47. The summed E-state index contributed by atoms with van der Waals surface area (Å²) in [5, 5.41) is 7.45. The highest BCUT2D eigenvalue weighted by Gasteiger charge is 2.10. The summed E-state index contributed by atoms with van der Waals surface area (Å²) in [7, 11) is 0. The van der Waals surface area contributed by atoms with Crippen molar-refractivity contribution < 1.29 is 8.78 Å². The Morgan fingerprint density at radius 1 is 1.43 bits per heavy atom. The van der Waals surface area contributed by atoms with Gasteiger partial charge in [0.1, 0.15) is 17.2 Å². The first kappa shape index (κ1) is 9.26. The highest BCUT2D eigenvalue weighted by Crippen LogP contribution is 2.13. The Kier molecular flexibility index (Phi) is 2.28. The fourth-order valence-corrected chi connectivity index (χ4v) is 1.23. The molecule has 0 atom stereocenters. The van der Waals surface area contributed by atoms with E-state index in [0.29, 0.717) is 5.52 Å². The lowest BCUT2D eigenvalue weighted by atomic mass is 10.4. The van der Waals surface area contributed by atoms with Gasteiger partial charge in [0, 0.05) is 0 Å². The summed E-state index contributed by atoms with van der Waals surface area (Å²) in [4.78, 5) is 3.86. The van der Waals surface area contributed by atoms with Crippen LogP contribution in [-0.4, -0.2) is 26.4 Å². The second kappa shape index (κ2) is 3.45. The van der Waals surface area contributed by atoms with Crippen LogP contribution in [0, 0.1) is 0 Å². The fraction of sp³-hybridized carbons (Fsp3) is 0.286. The molecule has 0 N–H and O–H groups in total. The van der Waals surface area contributed by atoms with Crippen molar-refractivity contribution in [3.05, 3.63) is 17.3 Å². The molecule has 74 valence electrons. The van der Waals surface area contributed by atoms with Crippen LogP contribution in [0.1, 0.15) is 0 Å². The number of pyridine rings is 1. The van der Waals surface area contributed by atoms with Gasteiger partial charge in [-0.05, 0) is 12.1 Å². The molecule has 2 rings (SSSR count). The minimum absolute atomic E-state index is 0.232. The maximum Gasteiger partial charge on any atom is 0.258 e. The van der Waals surface area contributed by atoms with Crippen molar-refractivity contribution in [1.82, 2.24) is 20.0 Å². The summed E-state index contributed by atoms with van der Waals surface area (Å²) in [6, 6.07) is 3.12. The van der Waals surface area contributed by atoms with E-state index in [-0.39, 0.29) is 10.8 Å². The molecule has 2 heterocycles. The van der Waals surface area contributed by atoms with Crippen molar-refractivity contribution in [2.45, 2.75) is 13.0 Å². The van der Waals surface area contributed by atoms with Crippen molar-refractivity contribution in [3.63, 3.8) is 0 Å². The quantitative estimate of drug-likeness (QED) is 0.722. The lowest BCUT2D eigenvalue weighted by Gasteiger charge is -1.99. The van der Waals surface area contributed by atoms with Crippen LogP contribution in [0.25, 0.3) is 11.2 Å². The number of aromatic nitrogens is 4. The van der Waals surface area contributed by atoms with E-state index in [1.165, 1.54) is 6.07 Å². The Morgan fingerprint density at radius 3 is 2.93 bits per heavy atom. The van der Waals surface area contributed by atoms with Gasteiger partial charge in [0.2, 0.25) is 0 Å². The predicted octanol–water partition coefficient (Wildman–Crippen LogP) is 1.74. The van der Waals surface area contributed by atoms with E-state index >= 15 is 0 Å². The smallest absolute Gasteiger partial charge is 0.221 e. The van der Waals surface area contributed by atoms with E-state index in [1.54, 1.807) is 6.07 Å². The Bertz CT molecular complexity index is 456. The molecule has 0 saturated carbocycles. The van der Waals surface area contributed by atoms with Gasteiger partial charge in [0.05, 0.1) is 0 Å². The topological polar surface area (TPSA) is 43.6 Å². The van der Waals surface area contributed by atoms with Crippen LogP contribution in [0.4, 0.5) is 8.78 Å². The molecule has 14 heavy (non-hydrogen) atoms. The fourth-order valence-electron chi connectivity index (χ4n) is 1.08. The van der Waals surface area contributed by atoms with Crippen LogP contribution >= 0.6 is 11.6 Å². The van der Waals surface area contributed by atoms with Crippen molar-refractivity contribution >= 4 is 22.8 Å². The number of halogens is 3. The first-order valence-corrected chi connectivity index (χ1v) is 4.18. The van der Waals surface area contributed by atoms with Crippen molar-refractivity contribution in [2.75, 3.05) is 0 Å². The SMILES string of the molecule is FC(F)Cn1nnc2ccc(Cl)nc21. The number of hydrogen-bond donors (Lipinski definition) is 0. The molecule has 0 saturated heterocycles. The molecule has 7 heteroatoms. The molecule has 0 unspecified atom stereocenters. The second-order valence-electron chi connectivity index (χ2n) is 2.64. The maximum absolute atomic E-state index is 12.1. The molecule has 0 amide bonds. The lowest BCUT2D eigenvalue weighted by Crippen LogP contribution is -2.08. The van der Waals surface area contributed by atoms with Crippen molar-refractivity contribution in [2.24, 2.45) is 0 Å². The first-order chi connectivity index (χ1) is 6.66. The first-order valence-electron chi connectivity index (χ1n) is 3.81. The van der Waals surface area contributed by atoms with Crippen LogP contribution in [-0.2, 0) is 6.54 Å². The molecule has 0 aliphatic heterocycles. The zero-order valence-electron chi connectivity index (χ0n) is 6.86. The predicted molar refractivity (Wildman–Crippen MR) is 46.3 cm³/mol. The number of nitrogens with zero attached hydrogens (tertiary/aromatic N) is 4. The van der Waals surface area contributed by atoms with Gasteiger partial charge in [0.15, 0.2) is 5.65 Å². The largest absolute Gasteiger partial charge is 0.258 e. The molecule has 0 fully saturated rings. The third kappa shape index (κ3) is 1.65. The monoisotopic (exact) mass is 218 g/mol. The molecule has 2 aromatic rings. The van der Waals surface area contributed by atoms with Gasteiger partial charge in [-0.3, -0.25) is 0 Å². The van der Waals surface area contributed by atoms with E-state index in [0.717, 1.165) is 4.68 Å². The van der Waals surface area contributed by atoms with Crippen LogP contribution in [0.3, 0.4) is 0 Å². The molecule has 4 nitrogen and oxygen atoms in total. The van der Waals surface area contributed by atoms with Gasteiger partial charge < -0.3 is 0 Å². The molecule has 0 radical (unpaired) electrons. The van der Waals surface area contributed by atoms with Gasteiger partial charge in [0.25, 0.3) is 6.43 Å². The van der Waals surface area contributed by atoms with E-state index in [2.05, 4.69) is 15.3 Å². The van der Waals surface area contributed by atoms with Gasteiger partial charge >= 0.3 is 0 Å². The van der Waals surface area contributed by atoms with Crippen LogP contribution in [0.5, 0.6) is 0 Å². The molecular formula is C7H5ClF2N4. The molecule has 2 aromatic heterocycles. The molecule has 0 spiro atoms. The van der Waals surface area contributed by atoms with E-state index in [9.17, 15) is 8.78 Å². The minimum Gasteiger partial charge on any atom is -0.221 e. The standard InChI is InChI=1S/C7H5ClF2N4/c8-5-2-1-4-7(11-5)14(13-12-4)3-6(9)10/h1-2,6H,3H2. The third-order valence-corrected chi connectivity index (χ3v) is 1.85. The number of alkyl halides is 2. The second-order valence-corrected chi connectivity index (χ2v) is 3.03. The van der Waals surface area contributed by atoms with Gasteiger partial charge in [-0.2, -0.15) is 0 Å². The minimum atomic E-state index is -2.49. The highest BCUT2D eigenvalue weighted by molar-refractivity contribution is 6.29. The number of hydrogen-bond acceptors (Lipinski definition) is 3.